The summed E-state index contributed by atoms with van der Waals surface area (Å²) in [4.78, 5) is 14.6. The van der Waals surface area contributed by atoms with Crippen molar-refractivity contribution in [3.8, 4) is 0 Å². The molecule has 1 aliphatic rings. The largest absolute Gasteiger partial charge is 0.399 e. The molecule has 3 aromatic rings. The second-order valence-electron chi connectivity index (χ2n) is 7.77. The number of nitrogens with two attached hydrogens (primary N) is 1. The van der Waals surface area contributed by atoms with Crippen molar-refractivity contribution in [1.82, 2.24) is 5.32 Å². The minimum atomic E-state index is -0.0712. The average molecular weight is 401 g/mol. The van der Waals surface area contributed by atoms with Crippen molar-refractivity contribution in [3.05, 3.63) is 90.0 Å². The Morgan fingerprint density at radius 2 is 1.57 bits per heavy atom. The first-order chi connectivity index (χ1) is 14.7. The Morgan fingerprint density at radius 3 is 2.17 bits per heavy atom. The third-order valence-electron chi connectivity index (χ3n) is 5.45. The standard InChI is InChI=1S/C25H28N4O/c26-21-12-8-19(9-13-21)17-29(23-5-2-1-3-6-23)18-20-10-14-22(15-11-20)28-25(30)24-7-4-16-27-24/h1-3,5-6,8-15,24,27H,4,7,16-18,26H2,(H,28,30)/t24-/m0/s1. The molecule has 1 saturated heterocycles. The number of nitrogen functional groups attached to an aromatic ring is 1. The second kappa shape index (κ2) is 9.46. The van der Waals surface area contributed by atoms with E-state index in [1.54, 1.807) is 0 Å². The second-order valence-corrected chi connectivity index (χ2v) is 7.77. The maximum Gasteiger partial charge on any atom is 0.241 e. The van der Waals surface area contributed by atoms with Crippen molar-refractivity contribution >= 4 is 23.0 Å². The van der Waals surface area contributed by atoms with Crippen LogP contribution in [0.4, 0.5) is 17.1 Å². The van der Waals surface area contributed by atoms with E-state index < -0.39 is 0 Å². The molecule has 1 amide bonds. The molecule has 0 unspecified atom stereocenters. The van der Waals surface area contributed by atoms with Gasteiger partial charge in [-0.05, 0) is 66.9 Å². The van der Waals surface area contributed by atoms with Gasteiger partial charge in [-0.2, -0.15) is 0 Å². The highest BCUT2D eigenvalue weighted by molar-refractivity contribution is 5.95. The number of rotatable bonds is 7. The zero-order valence-corrected chi connectivity index (χ0v) is 17.1. The average Bonchev–Trinajstić information content (AvgIpc) is 3.32. The minimum Gasteiger partial charge on any atom is -0.399 e. The number of nitrogens with one attached hydrogen (secondary N) is 2. The van der Waals surface area contributed by atoms with Gasteiger partial charge in [0, 0.05) is 30.2 Å². The number of carbonyl (C=O) groups excluding carboxylic acids is 1. The van der Waals surface area contributed by atoms with Crippen molar-refractivity contribution in [1.29, 1.82) is 0 Å². The summed E-state index contributed by atoms with van der Waals surface area (Å²) >= 11 is 0. The number of benzene rings is 3. The first-order valence-corrected chi connectivity index (χ1v) is 10.4. The number of hydrogen-bond acceptors (Lipinski definition) is 4. The van der Waals surface area contributed by atoms with Crippen LogP contribution in [0.3, 0.4) is 0 Å². The molecule has 0 aliphatic carbocycles. The summed E-state index contributed by atoms with van der Waals surface area (Å²) in [6.07, 6.45) is 1.96. The highest BCUT2D eigenvalue weighted by atomic mass is 16.2. The van der Waals surface area contributed by atoms with Crippen molar-refractivity contribution in [2.45, 2.75) is 32.0 Å². The number of amides is 1. The van der Waals surface area contributed by atoms with Gasteiger partial charge in [0.1, 0.15) is 0 Å². The van der Waals surface area contributed by atoms with Crippen LogP contribution in [0, 0.1) is 0 Å². The normalized spacial score (nSPS) is 15.7. The Morgan fingerprint density at radius 1 is 0.933 bits per heavy atom. The molecule has 4 N–H and O–H groups in total. The van der Waals surface area contributed by atoms with E-state index in [0.29, 0.717) is 0 Å². The molecule has 1 aliphatic heterocycles. The molecule has 5 nitrogen and oxygen atoms in total. The summed E-state index contributed by atoms with van der Waals surface area (Å²) in [7, 11) is 0. The lowest BCUT2D eigenvalue weighted by Crippen LogP contribution is -2.35. The van der Waals surface area contributed by atoms with Crippen LogP contribution in [0.15, 0.2) is 78.9 Å². The van der Waals surface area contributed by atoms with E-state index in [1.165, 1.54) is 16.8 Å². The van der Waals surface area contributed by atoms with Crippen molar-refractivity contribution in [3.63, 3.8) is 0 Å². The molecule has 4 rings (SSSR count). The van der Waals surface area contributed by atoms with Crippen molar-refractivity contribution in [2.24, 2.45) is 0 Å². The Balaban J connectivity index is 1.45. The van der Waals surface area contributed by atoms with E-state index >= 15 is 0 Å². The van der Waals surface area contributed by atoms with Crippen molar-refractivity contribution < 1.29 is 4.79 Å². The molecule has 3 aromatic carbocycles. The molecule has 5 heteroatoms. The van der Waals surface area contributed by atoms with Gasteiger partial charge in [0.2, 0.25) is 5.91 Å². The first-order valence-electron chi connectivity index (χ1n) is 10.4. The van der Waals surface area contributed by atoms with Gasteiger partial charge in [0.05, 0.1) is 6.04 Å². The van der Waals surface area contributed by atoms with Gasteiger partial charge in [0.25, 0.3) is 0 Å². The zero-order valence-electron chi connectivity index (χ0n) is 17.1. The number of hydrogen-bond donors (Lipinski definition) is 3. The Labute approximate surface area is 177 Å². The monoisotopic (exact) mass is 400 g/mol. The highest BCUT2D eigenvalue weighted by Gasteiger charge is 2.21. The molecule has 0 aromatic heterocycles. The lowest BCUT2D eigenvalue weighted by molar-refractivity contribution is -0.117. The van der Waals surface area contributed by atoms with Crippen LogP contribution in [0.25, 0.3) is 0 Å². The smallest absolute Gasteiger partial charge is 0.241 e. The van der Waals surface area contributed by atoms with E-state index in [1.807, 2.05) is 30.3 Å². The zero-order chi connectivity index (χ0) is 20.8. The molecule has 0 radical (unpaired) electrons. The molecule has 1 heterocycles. The van der Waals surface area contributed by atoms with Gasteiger partial charge in [-0.15, -0.1) is 0 Å². The van der Waals surface area contributed by atoms with Gasteiger partial charge in [0.15, 0.2) is 0 Å². The molecule has 1 atom stereocenters. The minimum absolute atomic E-state index is 0.0505. The molecule has 1 fully saturated rings. The van der Waals surface area contributed by atoms with E-state index in [2.05, 4.69) is 64.1 Å². The first kappa shape index (κ1) is 20.0. The fourth-order valence-corrected chi connectivity index (χ4v) is 3.77. The van der Waals surface area contributed by atoms with Gasteiger partial charge in [-0.1, -0.05) is 42.5 Å². The number of anilines is 3. The van der Waals surface area contributed by atoms with Crippen LogP contribution >= 0.6 is 0 Å². The number of nitrogens with zero attached hydrogens (tertiary/aromatic N) is 1. The fraction of sp³-hybridized carbons (Fsp3) is 0.240. The summed E-state index contributed by atoms with van der Waals surface area (Å²) in [6, 6.07) is 26.5. The predicted octanol–water partition coefficient (Wildman–Crippen LogP) is 4.17. The lowest BCUT2D eigenvalue weighted by Gasteiger charge is -2.25. The fourth-order valence-electron chi connectivity index (χ4n) is 3.77. The molecule has 0 bridgehead atoms. The van der Waals surface area contributed by atoms with Crippen LogP contribution in [-0.4, -0.2) is 18.5 Å². The van der Waals surface area contributed by atoms with Crippen LogP contribution in [0.1, 0.15) is 24.0 Å². The molecule has 30 heavy (non-hydrogen) atoms. The van der Waals surface area contributed by atoms with Gasteiger partial charge in [-0.25, -0.2) is 0 Å². The Hall–Kier alpha value is -3.31. The molecule has 0 saturated carbocycles. The maximum absolute atomic E-state index is 12.3. The topological polar surface area (TPSA) is 70.4 Å². The van der Waals surface area contributed by atoms with Crippen LogP contribution < -0.4 is 21.3 Å². The van der Waals surface area contributed by atoms with Gasteiger partial charge < -0.3 is 21.3 Å². The summed E-state index contributed by atoms with van der Waals surface area (Å²) in [5.41, 5.74) is 11.0. The Kier molecular flexibility index (Phi) is 6.30. The van der Waals surface area contributed by atoms with Gasteiger partial charge >= 0.3 is 0 Å². The number of carbonyl (C=O) groups is 1. The molecular weight excluding hydrogens is 372 g/mol. The van der Waals surface area contributed by atoms with Crippen LogP contribution in [0.5, 0.6) is 0 Å². The van der Waals surface area contributed by atoms with E-state index in [0.717, 1.165) is 43.9 Å². The van der Waals surface area contributed by atoms with Crippen LogP contribution in [0.2, 0.25) is 0 Å². The van der Waals surface area contributed by atoms with Crippen molar-refractivity contribution in [2.75, 3.05) is 22.5 Å². The Bertz CT molecular complexity index is 949. The number of para-hydroxylation sites is 1. The van der Waals surface area contributed by atoms with Gasteiger partial charge in [-0.3, -0.25) is 4.79 Å². The SMILES string of the molecule is Nc1ccc(CN(Cc2ccc(NC(=O)[C@@H]3CCCN3)cc2)c2ccccc2)cc1. The summed E-state index contributed by atoms with van der Waals surface area (Å²) in [5.74, 6) is 0.0505. The van der Waals surface area contributed by atoms with E-state index in [4.69, 9.17) is 5.73 Å². The molecular formula is C25H28N4O. The predicted molar refractivity (Wildman–Crippen MR) is 123 cm³/mol. The maximum atomic E-state index is 12.3. The van der Waals surface area contributed by atoms with E-state index in [9.17, 15) is 4.79 Å². The lowest BCUT2D eigenvalue weighted by atomic mass is 10.1. The quantitative estimate of drug-likeness (QED) is 0.521. The molecule has 154 valence electrons. The third-order valence-corrected chi connectivity index (χ3v) is 5.45. The van der Waals surface area contributed by atoms with Crippen LogP contribution in [-0.2, 0) is 17.9 Å². The summed E-state index contributed by atoms with van der Waals surface area (Å²) in [5, 5.41) is 6.25. The summed E-state index contributed by atoms with van der Waals surface area (Å²) in [6.45, 7) is 2.48. The molecule has 0 spiro atoms. The highest BCUT2D eigenvalue weighted by Crippen LogP contribution is 2.21. The third kappa shape index (κ3) is 5.19. The summed E-state index contributed by atoms with van der Waals surface area (Å²) < 4.78 is 0. The van der Waals surface area contributed by atoms with E-state index in [-0.39, 0.29) is 11.9 Å².